The highest BCUT2D eigenvalue weighted by Crippen LogP contribution is 2.41. The van der Waals surface area contributed by atoms with Crippen molar-refractivity contribution in [2.45, 2.75) is 0 Å². The number of hydrogen-bond donors (Lipinski definition) is 0. The molecule has 0 saturated heterocycles. The van der Waals surface area contributed by atoms with Crippen LogP contribution in [0.2, 0.25) is 0 Å². The number of pyridine rings is 1. The molecule has 9 aromatic rings. The zero-order valence-electron chi connectivity index (χ0n) is 21.5. The van der Waals surface area contributed by atoms with Crippen LogP contribution in [0, 0.1) is 0 Å². The van der Waals surface area contributed by atoms with Crippen LogP contribution < -0.4 is 0 Å². The predicted octanol–water partition coefficient (Wildman–Crippen LogP) is 10.1. The monoisotopic (exact) mass is 510 g/mol. The van der Waals surface area contributed by atoms with Crippen LogP contribution >= 0.6 is 0 Å². The van der Waals surface area contributed by atoms with E-state index in [0.29, 0.717) is 0 Å². The summed E-state index contributed by atoms with van der Waals surface area (Å²) in [6.45, 7) is 0. The van der Waals surface area contributed by atoms with Crippen LogP contribution in [-0.2, 0) is 0 Å². The lowest BCUT2D eigenvalue weighted by atomic mass is 9.98. The van der Waals surface area contributed by atoms with E-state index in [0.717, 1.165) is 60.8 Å². The Morgan fingerprint density at radius 1 is 0.500 bits per heavy atom. The molecular weight excluding hydrogens is 488 g/mol. The maximum absolute atomic E-state index is 6.48. The Kier molecular flexibility index (Phi) is 4.33. The molecule has 0 aliphatic heterocycles. The highest BCUT2D eigenvalue weighted by atomic mass is 16.3. The lowest BCUT2D eigenvalue weighted by Crippen LogP contribution is -1.99. The molecule has 0 N–H and O–H groups in total. The summed E-state index contributed by atoms with van der Waals surface area (Å²) in [7, 11) is 0. The van der Waals surface area contributed by atoms with Gasteiger partial charge in [-0.25, -0.2) is 4.98 Å². The minimum atomic E-state index is 0.892. The number of nitrogens with zero attached hydrogens (tertiary/aromatic N) is 2. The smallest absolute Gasteiger partial charge is 0.143 e. The fraction of sp³-hybridized carbons (Fsp3) is 0. The molecule has 3 aromatic heterocycles. The maximum Gasteiger partial charge on any atom is 0.143 e. The van der Waals surface area contributed by atoms with Gasteiger partial charge in [0.05, 0.1) is 16.6 Å². The van der Waals surface area contributed by atoms with Gasteiger partial charge in [-0.2, -0.15) is 0 Å². The maximum atomic E-state index is 6.48. The van der Waals surface area contributed by atoms with Crippen LogP contribution in [0.15, 0.2) is 138 Å². The van der Waals surface area contributed by atoms with Gasteiger partial charge in [-0.15, -0.1) is 0 Å². The van der Waals surface area contributed by atoms with Gasteiger partial charge >= 0.3 is 0 Å². The van der Waals surface area contributed by atoms with Gasteiger partial charge in [0.1, 0.15) is 17.0 Å². The van der Waals surface area contributed by atoms with Gasteiger partial charge in [0.2, 0.25) is 0 Å². The third kappa shape index (κ3) is 2.92. The molecule has 0 aliphatic rings. The van der Waals surface area contributed by atoms with Crippen LogP contribution in [0.25, 0.3) is 82.4 Å². The number of furan rings is 1. The topological polar surface area (TPSA) is 31.0 Å². The number of fused-ring (bicyclic) bond motifs is 9. The van der Waals surface area contributed by atoms with Crippen LogP contribution in [0.5, 0.6) is 0 Å². The molecule has 0 unspecified atom stereocenters. The Bertz CT molecular complexity index is 2440. The minimum absolute atomic E-state index is 0.892. The molecule has 0 bridgehead atoms. The van der Waals surface area contributed by atoms with Crippen molar-refractivity contribution in [2.75, 3.05) is 0 Å². The van der Waals surface area contributed by atoms with Crippen molar-refractivity contribution in [3.63, 3.8) is 0 Å². The Balaban J connectivity index is 1.42. The van der Waals surface area contributed by atoms with E-state index in [1.54, 1.807) is 0 Å². The highest BCUT2D eigenvalue weighted by molar-refractivity contribution is 6.21. The van der Waals surface area contributed by atoms with Crippen LogP contribution in [-0.4, -0.2) is 9.55 Å². The van der Waals surface area contributed by atoms with Gasteiger partial charge < -0.3 is 4.42 Å². The summed E-state index contributed by atoms with van der Waals surface area (Å²) in [4.78, 5) is 5.24. The van der Waals surface area contributed by atoms with Crippen molar-refractivity contribution in [1.29, 1.82) is 0 Å². The third-order valence-electron chi connectivity index (χ3n) is 8.19. The Hall–Kier alpha value is -5.41. The van der Waals surface area contributed by atoms with Gasteiger partial charge in [0, 0.05) is 32.5 Å². The lowest BCUT2D eigenvalue weighted by molar-refractivity contribution is 0.670. The van der Waals surface area contributed by atoms with E-state index in [-0.39, 0.29) is 0 Å². The quantitative estimate of drug-likeness (QED) is 0.232. The number of benzene rings is 6. The standard InChI is InChI=1S/C37H22N2O/c1-2-11-24-23(10-1)20-21-33-36(24)29-14-4-7-18-32(29)39(33)35-22-30(25-12-3-6-17-31(25)38-35)28-16-9-15-27-26-13-5-8-19-34(26)40-37(27)28/h1-22H. The average Bonchev–Trinajstić information content (AvgIpc) is 3.57. The summed E-state index contributed by atoms with van der Waals surface area (Å²) in [5.74, 6) is 0.892. The average molecular weight is 511 g/mol. The molecule has 186 valence electrons. The molecule has 3 heterocycles. The van der Waals surface area contributed by atoms with E-state index in [2.05, 4.69) is 126 Å². The number of hydrogen-bond acceptors (Lipinski definition) is 2. The van der Waals surface area contributed by atoms with Crippen molar-refractivity contribution < 1.29 is 4.42 Å². The molecule has 0 amide bonds. The van der Waals surface area contributed by atoms with Gasteiger partial charge in [0.25, 0.3) is 0 Å². The van der Waals surface area contributed by atoms with E-state index in [4.69, 9.17) is 9.40 Å². The van der Waals surface area contributed by atoms with E-state index in [9.17, 15) is 0 Å². The second-order valence-corrected chi connectivity index (χ2v) is 10.4. The minimum Gasteiger partial charge on any atom is -0.455 e. The van der Waals surface area contributed by atoms with Crippen molar-refractivity contribution in [1.82, 2.24) is 9.55 Å². The molecule has 0 spiro atoms. The van der Waals surface area contributed by atoms with Crippen molar-refractivity contribution >= 4 is 65.4 Å². The SMILES string of the molecule is c1ccc2c(c1)ccc1c2c2ccccc2n1-c1cc(-c2cccc3c2oc2ccccc23)c2ccccc2n1. The zero-order valence-corrected chi connectivity index (χ0v) is 21.5. The first-order valence-corrected chi connectivity index (χ1v) is 13.6. The molecule has 0 fully saturated rings. The molecule has 0 aliphatic carbocycles. The van der Waals surface area contributed by atoms with Crippen molar-refractivity contribution in [3.8, 4) is 16.9 Å². The van der Waals surface area contributed by atoms with Crippen molar-refractivity contribution in [3.05, 3.63) is 133 Å². The van der Waals surface area contributed by atoms with Crippen LogP contribution in [0.1, 0.15) is 0 Å². The van der Waals surface area contributed by atoms with E-state index in [1.165, 1.54) is 21.5 Å². The summed E-state index contributed by atoms with van der Waals surface area (Å²) in [6.07, 6.45) is 0. The van der Waals surface area contributed by atoms with Gasteiger partial charge in [-0.3, -0.25) is 4.57 Å². The molecule has 0 saturated carbocycles. The summed E-state index contributed by atoms with van der Waals surface area (Å²) in [6, 6.07) is 47.0. The first-order valence-electron chi connectivity index (χ1n) is 13.6. The number of aromatic nitrogens is 2. The van der Waals surface area contributed by atoms with Gasteiger partial charge in [-0.1, -0.05) is 103 Å². The molecule has 0 radical (unpaired) electrons. The first-order chi connectivity index (χ1) is 19.8. The molecule has 3 heteroatoms. The van der Waals surface area contributed by atoms with Gasteiger partial charge in [0.15, 0.2) is 0 Å². The summed E-state index contributed by atoms with van der Waals surface area (Å²) in [5, 5.41) is 8.33. The second-order valence-electron chi connectivity index (χ2n) is 10.4. The Morgan fingerprint density at radius 3 is 2.15 bits per heavy atom. The lowest BCUT2D eigenvalue weighted by Gasteiger charge is -2.13. The predicted molar refractivity (Wildman–Crippen MR) is 166 cm³/mol. The van der Waals surface area contributed by atoms with Crippen LogP contribution in [0.3, 0.4) is 0 Å². The Morgan fingerprint density at radius 2 is 1.23 bits per heavy atom. The molecular formula is C37H22N2O. The number of para-hydroxylation sites is 4. The molecule has 9 rings (SSSR count). The summed E-state index contributed by atoms with van der Waals surface area (Å²) < 4.78 is 8.79. The fourth-order valence-electron chi connectivity index (χ4n) is 6.44. The van der Waals surface area contributed by atoms with E-state index in [1.807, 2.05) is 12.1 Å². The van der Waals surface area contributed by atoms with Crippen molar-refractivity contribution in [2.24, 2.45) is 0 Å². The molecule has 40 heavy (non-hydrogen) atoms. The van der Waals surface area contributed by atoms with E-state index >= 15 is 0 Å². The number of rotatable bonds is 2. The summed E-state index contributed by atoms with van der Waals surface area (Å²) in [5.41, 5.74) is 7.23. The first kappa shape index (κ1) is 21.5. The largest absolute Gasteiger partial charge is 0.455 e. The Labute approximate surface area is 229 Å². The normalized spacial score (nSPS) is 12.0. The van der Waals surface area contributed by atoms with Crippen LogP contribution in [0.4, 0.5) is 0 Å². The molecule has 0 atom stereocenters. The highest BCUT2D eigenvalue weighted by Gasteiger charge is 2.19. The van der Waals surface area contributed by atoms with E-state index < -0.39 is 0 Å². The summed E-state index contributed by atoms with van der Waals surface area (Å²) >= 11 is 0. The second kappa shape index (κ2) is 8.05. The molecule has 3 nitrogen and oxygen atoms in total. The van der Waals surface area contributed by atoms with Gasteiger partial charge in [-0.05, 0) is 46.7 Å². The molecule has 6 aromatic carbocycles. The third-order valence-corrected chi connectivity index (χ3v) is 8.19. The fourth-order valence-corrected chi connectivity index (χ4v) is 6.44. The zero-order chi connectivity index (χ0) is 26.2.